The van der Waals surface area contributed by atoms with Gasteiger partial charge in [-0.05, 0) is 13.8 Å². The minimum Gasteiger partial charge on any atom is -0.394 e. The molecule has 0 amide bonds. The molecule has 12 nitrogen and oxygen atoms in total. The Hall–Kier alpha value is -0.930. The van der Waals surface area contributed by atoms with E-state index < -0.39 is 74.6 Å². The predicted octanol–water partition coefficient (Wildman–Crippen LogP) is -3.98. The van der Waals surface area contributed by atoms with Gasteiger partial charge in [-0.3, -0.25) is 0 Å². The molecule has 0 saturated carbocycles. The van der Waals surface area contributed by atoms with Gasteiger partial charge in [-0.2, -0.15) is 0 Å². The number of hydrogen-bond acceptors (Lipinski definition) is 12. The van der Waals surface area contributed by atoms with Gasteiger partial charge in [0, 0.05) is 0 Å². The number of rotatable bonds is 6. The molecule has 2 aliphatic heterocycles. The highest BCUT2D eigenvalue weighted by molar-refractivity contribution is 5.78. The van der Waals surface area contributed by atoms with Gasteiger partial charge in [0.15, 0.2) is 6.29 Å². The Kier molecular flexibility index (Phi) is 7.88. The maximum atomic E-state index is 10.3. The van der Waals surface area contributed by atoms with Gasteiger partial charge in [-0.1, -0.05) is 5.16 Å². The molecule has 158 valence electrons. The number of aliphatic hydroxyl groups excluding tert-OH is 7. The summed E-state index contributed by atoms with van der Waals surface area (Å²) in [4.78, 5) is 4.99. The molecular formula is C15H27NO11. The van der Waals surface area contributed by atoms with Crippen molar-refractivity contribution in [1.82, 2.24) is 0 Å². The maximum absolute atomic E-state index is 10.3. The van der Waals surface area contributed by atoms with Crippen LogP contribution in [0, 0.1) is 0 Å². The smallest absolute Gasteiger partial charge is 0.256 e. The Morgan fingerprint density at radius 2 is 1.33 bits per heavy atom. The fourth-order valence-electron chi connectivity index (χ4n) is 2.80. The summed E-state index contributed by atoms with van der Waals surface area (Å²) in [5, 5.41) is 72.5. The van der Waals surface area contributed by atoms with E-state index in [1.807, 2.05) is 0 Å². The average Bonchev–Trinajstić information content (AvgIpc) is 2.64. The molecular weight excluding hydrogens is 370 g/mol. The molecule has 2 aliphatic rings. The van der Waals surface area contributed by atoms with Gasteiger partial charge in [0.05, 0.1) is 18.9 Å². The third-order valence-electron chi connectivity index (χ3n) is 4.30. The zero-order valence-corrected chi connectivity index (χ0v) is 14.9. The van der Waals surface area contributed by atoms with Crippen molar-refractivity contribution in [3.63, 3.8) is 0 Å². The van der Waals surface area contributed by atoms with Gasteiger partial charge in [0.25, 0.3) is 6.29 Å². The third kappa shape index (κ3) is 4.92. The van der Waals surface area contributed by atoms with Crippen LogP contribution in [0.3, 0.4) is 0 Å². The average molecular weight is 397 g/mol. The van der Waals surface area contributed by atoms with E-state index in [-0.39, 0.29) is 0 Å². The zero-order valence-electron chi connectivity index (χ0n) is 14.9. The van der Waals surface area contributed by atoms with Gasteiger partial charge in [-0.25, -0.2) is 0 Å². The Morgan fingerprint density at radius 3 is 1.89 bits per heavy atom. The molecule has 0 aromatic rings. The lowest BCUT2D eigenvalue weighted by Gasteiger charge is -2.45. The summed E-state index contributed by atoms with van der Waals surface area (Å²) in [5.74, 6) is 0. The number of nitrogens with zero attached hydrogens (tertiary/aromatic N) is 1. The molecule has 0 aliphatic carbocycles. The zero-order chi connectivity index (χ0) is 20.3. The monoisotopic (exact) mass is 397 g/mol. The van der Waals surface area contributed by atoms with Crippen molar-refractivity contribution in [2.45, 2.75) is 75.3 Å². The molecule has 7 N–H and O–H groups in total. The van der Waals surface area contributed by atoms with Crippen LogP contribution < -0.4 is 0 Å². The molecule has 12 heteroatoms. The van der Waals surface area contributed by atoms with E-state index in [1.54, 1.807) is 13.8 Å². The lowest BCUT2D eigenvalue weighted by Crippen LogP contribution is -2.64. The quantitative estimate of drug-likeness (QED) is 0.171. The molecule has 2 rings (SSSR count). The van der Waals surface area contributed by atoms with Gasteiger partial charge < -0.3 is 54.8 Å². The molecule has 27 heavy (non-hydrogen) atoms. The van der Waals surface area contributed by atoms with Gasteiger partial charge in [0.1, 0.15) is 48.8 Å². The van der Waals surface area contributed by atoms with Crippen molar-refractivity contribution in [2.75, 3.05) is 13.2 Å². The summed E-state index contributed by atoms with van der Waals surface area (Å²) in [6, 6.07) is 0. The highest BCUT2D eigenvalue weighted by Crippen LogP contribution is 2.29. The maximum Gasteiger partial charge on any atom is 0.256 e. The summed E-state index contributed by atoms with van der Waals surface area (Å²) < 4.78 is 16.0. The van der Waals surface area contributed by atoms with Crippen molar-refractivity contribution >= 4 is 5.71 Å². The summed E-state index contributed by atoms with van der Waals surface area (Å²) in [5.41, 5.74) is 0.528. The third-order valence-corrected chi connectivity index (χ3v) is 4.30. The van der Waals surface area contributed by atoms with Crippen molar-refractivity contribution in [2.24, 2.45) is 5.16 Å². The fraction of sp³-hybridized carbons (Fsp3) is 0.933. The molecule has 4 unspecified atom stereocenters. The molecule has 0 aromatic carbocycles. The summed E-state index contributed by atoms with van der Waals surface area (Å²) in [6.07, 6.45) is -14.9. The first-order chi connectivity index (χ1) is 12.7. The lowest BCUT2D eigenvalue weighted by atomic mass is 9.97. The van der Waals surface area contributed by atoms with Crippen LogP contribution in [0.2, 0.25) is 0 Å². The molecule has 2 heterocycles. The van der Waals surface area contributed by atoms with Gasteiger partial charge in [0.2, 0.25) is 0 Å². The van der Waals surface area contributed by atoms with Crippen LogP contribution >= 0.6 is 0 Å². The number of hydrogen-bond donors (Lipinski definition) is 7. The highest BCUT2D eigenvalue weighted by atomic mass is 16.8. The molecule has 2 fully saturated rings. The second-order valence-electron chi connectivity index (χ2n) is 6.65. The van der Waals surface area contributed by atoms with E-state index >= 15 is 0 Å². The highest BCUT2D eigenvalue weighted by Gasteiger charge is 2.51. The van der Waals surface area contributed by atoms with Crippen molar-refractivity contribution in [3.05, 3.63) is 0 Å². The first kappa shape index (κ1) is 22.4. The Balaban J connectivity index is 2.11. The van der Waals surface area contributed by atoms with Gasteiger partial charge >= 0.3 is 0 Å². The van der Waals surface area contributed by atoms with Crippen LogP contribution in [0.25, 0.3) is 0 Å². The SMILES string of the molecule is CC(C)=NO[C@@H]1OC(CO)[C@@H](O[C@@H]2OC(CO)[C@H](O)[C@H](O)C2O)[C@H](O)C1O. The second-order valence-corrected chi connectivity index (χ2v) is 6.65. The molecule has 0 radical (unpaired) electrons. The molecule has 0 spiro atoms. The van der Waals surface area contributed by atoms with Crippen LogP contribution in [-0.2, 0) is 19.0 Å². The van der Waals surface area contributed by atoms with Crippen molar-refractivity contribution in [3.8, 4) is 0 Å². The molecule has 0 aromatic heterocycles. The summed E-state index contributed by atoms with van der Waals surface area (Å²) in [7, 11) is 0. The van der Waals surface area contributed by atoms with E-state index in [1.165, 1.54) is 0 Å². The van der Waals surface area contributed by atoms with E-state index in [0.29, 0.717) is 5.71 Å². The van der Waals surface area contributed by atoms with Gasteiger partial charge in [-0.15, -0.1) is 0 Å². The molecule has 10 atom stereocenters. The van der Waals surface area contributed by atoms with Crippen molar-refractivity contribution in [1.29, 1.82) is 0 Å². The number of ether oxygens (including phenoxy) is 3. The van der Waals surface area contributed by atoms with E-state index in [9.17, 15) is 35.7 Å². The van der Waals surface area contributed by atoms with E-state index in [0.717, 1.165) is 0 Å². The predicted molar refractivity (Wildman–Crippen MR) is 86.3 cm³/mol. The minimum atomic E-state index is -1.71. The Morgan fingerprint density at radius 1 is 0.778 bits per heavy atom. The van der Waals surface area contributed by atoms with Crippen LogP contribution in [0.1, 0.15) is 13.8 Å². The van der Waals surface area contributed by atoms with Crippen LogP contribution in [0.15, 0.2) is 5.16 Å². The van der Waals surface area contributed by atoms with Crippen LogP contribution in [0.4, 0.5) is 0 Å². The topological polar surface area (TPSA) is 191 Å². The summed E-state index contributed by atoms with van der Waals surface area (Å²) >= 11 is 0. The second kappa shape index (κ2) is 9.52. The first-order valence-electron chi connectivity index (χ1n) is 8.46. The van der Waals surface area contributed by atoms with Crippen molar-refractivity contribution < 1.29 is 54.8 Å². The first-order valence-corrected chi connectivity index (χ1v) is 8.46. The number of oxime groups is 1. The van der Waals surface area contributed by atoms with E-state index in [4.69, 9.17) is 19.0 Å². The standard InChI is InChI=1S/C15H27NO11/c1-5(2)16-27-15-12(23)10(21)13(7(4-18)25-15)26-14-11(22)9(20)8(19)6(3-17)24-14/h6-15,17-23H,3-4H2,1-2H3/t6?,7?,8-,9-,10+,11?,12?,13+,14-,15-/m0/s1. The molecule has 2 saturated heterocycles. The largest absolute Gasteiger partial charge is 0.394 e. The van der Waals surface area contributed by atoms with E-state index in [2.05, 4.69) is 5.16 Å². The van der Waals surface area contributed by atoms with Crippen LogP contribution in [0.5, 0.6) is 0 Å². The minimum absolute atomic E-state index is 0.528. The number of aliphatic hydroxyl groups is 7. The Labute approximate surface area is 155 Å². The fourth-order valence-corrected chi connectivity index (χ4v) is 2.80. The Bertz CT molecular complexity index is 498. The summed E-state index contributed by atoms with van der Waals surface area (Å²) in [6.45, 7) is 1.98. The lowest BCUT2D eigenvalue weighted by molar-refractivity contribution is -0.359. The normalized spacial score (nSPS) is 45.4. The van der Waals surface area contributed by atoms with Crippen LogP contribution in [-0.4, -0.2) is 116 Å². The molecule has 0 bridgehead atoms.